The molecule has 3 unspecified atom stereocenters. The minimum Gasteiger partial charge on any atom is -0.456 e. The van der Waals surface area contributed by atoms with E-state index in [1.807, 2.05) is 94.1 Å². The molecule has 0 aromatic rings. The number of unbranched alkanes of at least 4 members (excludes halogenated alkanes) is 28. The van der Waals surface area contributed by atoms with Crippen LogP contribution in [0.2, 0.25) is 0 Å². The third kappa shape index (κ3) is 51.9. The number of allylic oxidation sites excluding steroid dienone is 13. The maximum absolute atomic E-state index is 13.5. The van der Waals surface area contributed by atoms with E-state index < -0.39 is 20.0 Å². The summed E-state index contributed by atoms with van der Waals surface area (Å²) in [5.41, 5.74) is 0. The number of likely N-dealkylation sites (N-methyl/N-ethyl adjacent to an activating group) is 1. The second-order valence-electron chi connectivity index (χ2n) is 20.6. The van der Waals surface area contributed by atoms with Crippen LogP contribution in [-0.2, 0) is 27.9 Å². The van der Waals surface area contributed by atoms with Gasteiger partial charge in [0, 0.05) is 12.8 Å². The molecule has 1 amide bonds. The molecule has 0 aliphatic carbocycles. The molecule has 0 aromatic heterocycles. The highest BCUT2D eigenvalue weighted by Gasteiger charge is 2.30. The van der Waals surface area contributed by atoms with Crippen molar-refractivity contribution >= 4 is 19.7 Å². The molecule has 0 radical (unpaired) electrons. The van der Waals surface area contributed by atoms with Crippen molar-refractivity contribution in [2.24, 2.45) is 0 Å². The van der Waals surface area contributed by atoms with Crippen LogP contribution in [0.4, 0.5) is 0 Å². The molecule has 0 spiro atoms. The molecule has 2 N–H and O–H groups in total. The van der Waals surface area contributed by atoms with Gasteiger partial charge in [-0.25, -0.2) is 4.57 Å². The number of nitrogens with zero attached hydrogens (tertiary/aromatic N) is 1. The first-order valence-corrected chi connectivity index (χ1v) is 30.5. The van der Waals surface area contributed by atoms with Crippen molar-refractivity contribution in [3.05, 3.63) is 85.1 Å². The van der Waals surface area contributed by atoms with E-state index in [2.05, 4.69) is 38.2 Å². The van der Waals surface area contributed by atoms with Crippen LogP contribution in [0.1, 0.15) is 239 Å². The average molecular weight is 1010 g/mol. The molecule has 0 saturated carbocycles. The van der Waals surface area contributed by atoms with E-state index in [1.165, 1.54) is 135 Å². The highest BCUT2D eigenvalue weighted by atomic mass is 31.2. The van der Waals surface area contributed by atoms with Crippen LogP contribution in [0.15, 0.2) is 85.1 Å². The van der Waals surface area contributed by atoms with E-state index >= 15 is 0 Å². The Labute approximate surface area is 437 Å². The normalized spacial score (nSPS) is 14.4. The smallest absolute Gasteiger partial charge is 0.456 e. The fourth-order valence-electron chi connectivity index (χ4n) is 8.03. The maximum atomic E-state index is 13.5. The highest BCUT2D eigenvalue weighted by molar-refractivity contribution is 7.47. The van der Waals surface area contributed by atoms with Crippen molar-refractivity contribution in [2.45, 2.75) is 251 Å². The SMILES string of the molecule is CC\C=C/C=C/C=C/C=C\C=C\C=C\CCCCCC(=O)OC(/C=C/CCCCCCCCCCCCC)C(COP(=O)(O)OCC[N+](C)(C)C)NC(=O)CCCCCCCCCCCCCCCCC. The van der Waals surface area contributed by atoms with Crippen LogP contribution >= 0.6 is 7.82 Å². The summed E-state index contributed by atoms with van der Waals surface area (Å²) in [6, 6.07) is -0.868. The van der Waals surface area contributed by atoms with Gasteiger partial charge in [0.2, 0.25) is 5.91 Å². The van der Waals surface area contributed by atoms with Gasteiger partial charge < -0.3 is 19.4 Å². The van der Waals surface area contributed by atoms with E-state index in [-0.39, 0.29) is 31.5 Å². The van der Waals surface area contributed by atoms with Crippen molar-refractivity contribution in [3.8, 4) is 0 Å². The Bertz CT molecular complexity index is 1490. The summed E-state index contributed by atoms with van der Waals surface area (Å²) in [7, 11) is 1.46. The number of amides is 1. The Hall–Kier alpha value is -2.81. The zero-order chi connectivity index (χ0) is 52.2. The van der Waals surface area contributed by atoms with Crippen molar-refractivity contribution in [1.82, 2.24) is 5.32 Å². The number of nitrogens with one attached hydrogen (secondary N) is 1. The number of rotatable bonds is 51. The van der Waals surface area contributed by atoms with Crippen LogP contribution in [0.5, 0.6) is 0 Å². The van der Waals surface area contributed by atoms with E-state index in [9.17, 15) is 19.0 Å². The Morgan fingerprint density at radius 1 is 0.507 bits per heavy atom. The van der Waals surface area contributed by atoms with Crippen LogP contribution in [0.3, 0.4) is 0 Å². The average Bonchev–Trinajstić information content (AvgIpc) is 3.33. The molecule has 71 heavy (non-hydrogen) atoms. The standard InChI is InChI=1S/C61H109N2O7P/c1-7-10-13-16-19-22-25-28-30-31-33-36-39-42-45-48-51-54-61(65)70-59(52-49-46-43-40-37-34-27-24-21-18-15-12-9-3)58(57-69-71(66,67)68-56-55-63(4,5)6)62-60(64)53-50-47-44-41-38-35-32-29-26-23-20-17-14-11-8-2/h10,13,16,19,22,25,28,30-31,33,36,39,49,52,58-59H,7-9,11-12,14-15,17-18,20-21,23-24,26-27,29,32,34-35,37-38,40-48,50-51,53-57H2,1-6H3,(H-,62,64,66,67)/p+1/b13-10-,19-16+,25-22+,30-28-,33-31+,39-36+,52-49+. The molecule has 0 aliphatic heterocycles. The van der Waals surface area contributed by atoms with Gasteiger partial charge in [-0.3, -0.25) is 18.6 Å². The molecule has 0 rings (SSSR count). The molecular formula is C61H110N2O7P+. The number of carbonyl (C=O) groups is 2. The number of phosphoric acid groups is 1. The molecule has 0 aromatic carbocycles. The van der Waals surface area contributed by atoms with Crippen molar-refractivity contribution < 1.29 is 37.3 Å². The molecule has 0 saturated heterocycles. The summed E-state index contributed by atoms with van der Waals surface area (Å²) in [4.78, 5) is 37.6. The van der Waals surface area contributed by atoms with Gasteiger partial charge >= 0.3 is 13.8 Å². The van der Waals surface area contributed by atoms with Crippen LogP contribution in [-0.4, -0.2) is 74.3 Å². The first-order valence-electron chi connectivity index (χ1n) is 29.0. The maximum Gasteiger partial charge on any atom is 0.472 e. The highest BCUT2D eigenvalue weighted by Crippen LogP contribution is 2.43. The number of ether oxygens (including phenoxy) is 1. The molecule has 10 heteroatoms. The lowest BCUT2D eigenvalue weighted by Gasteiger charge is -2.27. The molecule has 0 heterocycles. The van der Waals surface area contributed by atoms with Crippen LogP contribution in [0, 0.1) is 0 Å². The first-order chi connectivity index (χ1) is 34.4. The monoisotopic (exact) mass is 1010 g/mol. The Balaban J connectivity index is 5.46. The minimum atomic E-state index is -4.46. The summed E-state index contributed by atoms with van der Waals surface area (Å²) in [5, 5.41) is 3.04. The van der Waals surface area contributed by atoms with E-state index in [0.717, 1.165) is 64.2 Å². The Morgan fingerprint density at radius 3 is 1.37 bits per heavy atom. The van der Waals surface area contributed by atoms with Gasteiger partial charge in [0.25, 0.3) is 0 Å². The van der Waals surface area contributed by atoms with Gasteiger partial charge in [-0.05, 0) is 51.0 Å². The predicted octanol–water partition coefficient (Wildman–Crippen LogP) is 17.4. The number of hydrogen-bond acceptors (Lipinski definition) is 6. The Kier molecular flexibility index (Phi) is 48.7. The molecule has 0 fully saturated rings. The third-order valence-electron chi connectivity index (χ3n) is 12.5. The number of phosphoric ester groups is 1. The second kappa shape index (κ2) is 50.7. The molecule has 0 bridgehead atoms. The predicted molar refractivity (Wildman–Crippen MR) is 304 cm³/mol. The van der Waals surface area contributed by atoms with Gasteiger partial charge in [0.1, 0.15) is 19.3 Å². The summed E-state index contributed by atoms with van der Waals surface area (Å²) in [5.74, 6) is -0.555. The summed E-state index contributed by atoms with van der Waals surface area (Å²) in [6.07, 6.45) is 65.7. The summed E-state index contributed by atoms with van der Waals surface area (Å²) in [6.45, 7) is 6.84. The minimum absolute atomic E-state index is 0.0302. The molecular weight excluding hydrogens is 904 g/mol. The Morgan fingerprint density at radius 2 is 0.901 bits per heavy atom. The fourth-order valence-corrected chi connectivity index (χ4v) is 8.77. The molecule has 3 atom stereocenters. The number of hydrogen-bond donors (Lipinski definition) is 2. The summed E-state index contributed by atoms with van der Waals surface area (Å²) >= 11 is 0. The first kappa shape index (κ1) is 68.2. The lowest BCUT2D eigenvalue weighted by atomic mass is 10.0. The van der Waals surface area contributed by atoms with Gasteiger partial charge in [-0.1, -0.05) is 260 Å². The lowest BCUT2D eigenvalue weighted by Crippen LogP contribution is -2.47. The molecule has 9 nitrogen and oxygen atoms in total. The third-order valence-corrected chi connectivity index (χ3v) is 13.5. The quantitative estimate of drug-likeness (QED) is 0.0156. The van der Waals surface area contributed by atoms with Gasteiger partial charge in [0.15, 0.2) is 0 Å². The van der Waals surface area contributed by atoms with Gasteiger partial charge in [-0.15, -0.1) is 0 Å². The van der Waals surface area contributed by atoms with Crippen molar-refractivity contribution in [2.75, 3.05) is 40.9 Å². The molecule has 0 aliphatic rings. The number of quaternary nitrogens is 1. The fraction of sp³-hybridized carbons (Fsp3) is 0.738. The van der Waals surface area contributed by atoms with Crippen molar-refractivity contribution in [3.63, 3.8) is 0 Å². The van der Waals surface area contributed by atoms with E-state index in [0.29, 0.717) is 23.9 Å². The van der Waals surface area contributed by atoms with Gasteiger partial charge in [0.05, 0.1) is 33.8 Å². The summed E-state index contributed by atoms with van der Waals surface area (Å²) < 4.78 is 30.6. The lowest BCUT2D eigenvalue weighted by molar-refractivity contribution is -0.870. The molecule has 410 valence electrons. The zero-order valence-corrected chi connectivity index (χ0v) is 47.6. The second-order valence-corrected chi connectivity index (χ2v) is 22.0. The number of carbonyl (C=O) groups excluding carboxylic acids is 2. The zero-order valence-electron chi connectivity index (χ0n) is 46.7. The van der Waals surface area contributed by atoms with Crippen LogP contribution in [0.25, 0.3) is 0 Å². The van der Waals surface area contributed by atoms with Crippen molar-refractivity contribution in [1.29, 1.82) is 0 Å². The van der Waals surface area contributed by atoms with E-state index in [4.69, 9.17) is 13.8 Å². The van der Waals surface area contributed by atoms with Crippen LogP contribution < -0.4 is 5.32 Å². The van der Waals surface area contributed by atoms with Gasteiger partial charge in [-0.2, -0.15) is 0 Å². The number of esters is 1. The van der Waals surface area contributed by atoms with E-state index in [1.54, 1.807) is 0 Å². The largest absolute Gasteiger partial charge is 0.472 e. The topological polar surface area (TPSA) is 111 Å².